The third-order valence-electron chi connectivity index (χ3n) is 11.4. The number of rotatable bonds is 18. The SMILES string of the molecule is CC(=O)N[C@@H](CC(C)C)C(=O)N1CCC[C@H]1C(=O)N[C@H](C(=O)N[C@@H](CN)C(=O)N[C@@H](CC1CCCC1)C(=O)N[C@@H](C)c1nc2c(-c3ccccc3)cccc2[nH]1)C(C)C. The third-order valence-corrected chi connectivity index (χ3v) is 11.4. The van der Waals surface area contributed by atoms with Gasteiger partial charge in [0.15, 0.2) is 0 Å². The van der Waals surface area contributed by atoms with E-state index in [0.29, 0.717) is 38.1 Å². The zero-order chi connectivity index (χ0) is 42.8. The number of carbonyl (C=O) groups is 6. The molecule has 0 radical (unpaired) electrons. The number of H-pyrrole nitrogens is 1. The average molecular weight is 814 g/mol. The highest BCUT2D eigenvalue weighted by Crippen LogP contribution is 2.30. The molecule has 2 heterocycles. The van der Waals surface area contributed by atoms with Crippen molar-refractivity contribution in [1.82, 2.24) is 41.5 Å². The molecule has 0 spiro atoms. The number of carbonyl (C=O) groups excluding carboxylic acids is 6. The standard InChI is InChI=1S/C44H63N9O6/c1-25(2)22-34(47-28(6)54)44(59)53-21-13-20-36(53)42(57)52-37(26(3)4)43(58)50-35(24-45)41(56)49-33(23-29-14-10-11-15-29)40(55)46-27(5)39-48-32-19-12-18-31(38(32)51-39)30-16-8-7-9-17-30/h7-9,12,16-19,25-27,29,33-37H,10-11,13-15,20-24,45H2,1-6H3,(H,46,55)(H,47,54)(H,48,51)(H,49,56)(H,50,58)(H,52,57)/t27-,33-,34-,35-,36-,37-/m0/s1. The normalized spacial score (nSPS) is 18.3. The zero-order valence-electron chi connectivity index (χ0n) is 35.3. The molecule has 1 aromatic heterocycles. The molecule has 0 unspecified atom stereocenters. The maximum absolute atomic E-state index is 14.0. The molecule has 59 heavy (non-hydrogen) atoms. The minimum atomic E-state index is -1.19. The Morgan fingerprint density at radius 1 is 0.780 bits per heavy atom. The molecule has 1 aliphatic carbocycles. The summed E-state index contributed by atoms with van der Waals surface area (Å²) in [7, 11) is 0. The van der Waals surface area contributed by atoms with Gasteiger partial charge in [0.1, 0.15) is 36.0 Å². The van der Waals surface area contributed by atoms with E-state index in [2.05, 4.69) is 31.6 Å². The van der Waals surface area contributed by atoms with Gasteiger partial charge in [-0.05, 0) is 62.0 Å². The Balaban J connectivity index is 1.25. The number of imidazole rings is 1. The molecule has 3 aromatic rings. The van der Waals surface area contributed by atoms with Crippen LogP contribution in [0.2, 0.25) is 0 Å². The Labute approximate surface area is 347 Å². The summed E-state index contributed by atoms with van der Waals surface area (Å²) in [4.78, 5) is 90.5. The first-order chi connectivity index (χ1) is 28.2. The van der Waals surface area contributed by atoms with Gasteiger partial charge in [-0.2, -0.15) is 0 Å². The van der Waals surface area contributed by atoms with E-state index in [9.17, 15) is 28.8 Å². The van der Waals surface area contributed by atoms with E-state index in [1.165, 1.54) is 11.8 Å². The fourth-order valence-electron chi connectivity index (χ4n) is 8.29. The van der Waals surface area contributed by atoms with Gasteiger partial charge in [-0.3, -0.25) is 28.8 Å². The highest BCUT2D eigenvalue weighted by molar-refractivity contribution is 5.97. The number of nitrogens with one attached hydrogen (secondary N) is 6. The quantitative estimate of drug-likeness (QED) is 0.100. The molecule has 1 aliphatic heterocycles. The molecule has 6 atom stereocenters. The van der Waals surface area contributed by atoms with Crippen LogP contribution in [-0.2, 0) is 28.8 Å². The number of nitrogens with two attached hydrogens (primary N) is 1. The largest absolute Gasteiger partial charge is 0.345 e. The molecule has 15 nitrogen and oxygen atoms in total. The van der Waals surface area contributed by atoms with Gasteiger partial charge in [-0.1, -0.05) is 95.8 Å². The van der Waals surface area contributed by atoms with Gasteiger partial charge >= 0.3 is 0 Å². The third kappa shape index (κ3) is 11.7. The van der Waals surface area contributed by atoms with Gasteiger partial charge in [0.05, 0.1) is 17.1 Å². The second kappa shape index (κ2) is 20.6. The number of aromatic amines is 1. The van der Waals surface area contributed by atoms with Crippen LogP contribution in [0, 0.1) is 17.8 Å². The number of nitrogens with zero attached hydrogens (tertiary/aromatic N) is 2. The lowest BCUT2D eigenvalue weighted by atomic mass is 9.97. The van der Waals surface area contributed by atoms with Crippen LogP contribution in [0.5, 0.6) is 0 Å². The first-order valence-electron chi connectivity index (χ1n) is 21.2. The molecular formula is C44H63N9O6. The van der Waals surface area contributed by atoms with Gasteiger partial charge in [-0.15, -0.1) is 0 Å². The van der Waals surface area contributed by atoms with Crippen molar-refractivity contribution >= 4 is 46.5 Å². The molecule has 8 N–H and O–H groups in total. The smallest absolute Gasteiger partial charge is 0.245 e. The summed E-state index contributed by atoms with van der Waals surface area (Å²) in [6, 6.07) is 10.6. The second-order valence-electron chi connectivity index (χ2n) is 17.0. The molecule has 0 bridgehead atoms. The van der Waals surface area contributed by atoms with Crippen LogP contribution in [0.4, 0.5) is 0 Å². The van der Waals surface area contributed by atoms with Crippen LogP contribution in [-0.4, -0.2) is 93.6 Å². The van der Waals surface area contributed by atoms with Gasteiger partial charge in [0.2, 0.25) is 35.4 Å². The van der Waals surface area contributed by atoms with Gasteiger partial charge in [0.25, 0.3) is 0 Å². The molecule has 2 aliphatic rings. The molecule has 1 saturated heterocycles. The minimum absolute atomic E-state index is 0.125. The van der Waals surface area contributed by atoms with Crippen LogP contribution >= 0.6 is 0 Å². The van der Waals surface area contributed by atoms with Crippen LogP contribution in [0.3, 0.4) is 0 Å². The Kier molecular flexibility index (Phi) is 15.6. The number of fused-ring (bicyclic) bond motifs is 1. The number of aromatic nitrogens is 2. The summed E-state index contributed by atoms with van der Waals surface area (Å²) in [6.45, 7) is 10.7. The highest BCUT2D eigenvalue weighted by atomic mass is 16.2. The lowest BCUT2D eigenvalue weighted by Gasteiger charge is -2.31. The molecule has 2 aromatic carbocycles. The summed E-state index contributed by atoms with van der Waals surface area (Å²) in [5.41, 5.74) is 9.68. The summed E-state index contributed by atoms with van der Waals surface area (Å²) in [6.07, 6.45) is 5.84. The zero-order valence-corrected chi connectivity index (χ0v) is 35.3. The van der Waals surface area contributed by atoms with Gasteiger partial charge < -0.3 is 42.2 Å². The number of likely N-dealkylation sites (tertiary alicyclic amines) is 1. The van der Waals surface area contributed by atoms with E-state index in [1.54, 1.807) is 13.8 Å². The first-order valence-corrected chi connectivity index (χ1v) is 21.2. The van der Waals surface area contributed by atoms with Crippen molar-refractivity contribution in [2.45, 2.75) is 129 Å². The van der Waals surface area contributed by atoms with Crippen molar-refractivity contribution in [3.05, 3.63) is 54.4 Å². The Bertz CT molecular complexity index is 1940. The lowest BCUT2D eigenvalue weighted by molar-refractivity contribution is -0.142. The lowest BCUT2D eigenvalue weighted by Crippen LogP contribution is -2.61. The maximum Gasteiger partial charge on any atom is 0.245 e. The summed E-state index contributed by atoms with van der Waals surface area (Å²) in [5, 5.41) is 14.2. The molecule has 1 saturated carbocycles. The number of hydrogen-bond acceptors (Lipinski definition) is 8. The van der Waals surface area contributed by atoms with Crippen molar-refractivity contribution < 1.29 is 28.8 Å². The molecule has 6 amide bonds. The predicted octanol–water partition coefficient (Wildman–Crippen LogP) is 3.60. The predicted molar refractivity (Wildman–Crippen MR) is 226 cm³/mol. The fourth-order valence-corrected chi connectivity index (χ4v) is 8.29. The number of amides is 6. The Hall–Kier alpha value is -5.31. The number of hydrogen-bond donors (Lipinski definition) is 7. The number of para-hydroxylation sites is 1. The van der Waals surface area contributed by atoms with E-state index in [0.717, 1.165) is 47.8 Å². The van der Waals surface area contributed by atoms with E-state index in [1.807, 2.05) is 69.3 Å². The fraction of sp³-hybridized carbons (Fsp3) is 0.568. The van der Waals surface area contributed by atoms with Crippen molar-refractivity contribution in [2.24, 2.45) is 23.5 Å². The molecule has 2 fully saturated rings. The van der Waals surface area contributed by atoms with Crippen LogP contribution < -0.4 is 32.3 Å². The van der Waals surface area contributed by atoms with Crippen LogP contribution in [0.1, 0.15) is 105 Å². The number of benzene rings is 2. The minimum Gasteiger partial charge on any atom is -0.345 e. The van der Waals surface area contributed by atoms with E-state index in [-0.39, 0.29) is 42.0 Å². The van der Waals surface area contributed by atoms with Crippen LogP contribution in [0.25, 0.3) is 22.2 Å². The Morgan fingerprint density at radius 3 is 2.10 bits per heavy atom. The average Bonchev–Trinajstić information content (AvgIpc) is 3.99. The topological polar surface area (TPSA) is 221 Å². The summed E-state index contributed by atoms with van der Waals surface area (Å²) >= 11 is 0. The molecule has 5 rings (SSSR count). The summed E-state index contributed by atoms with van der Waals surface area (Å²) < 4.78 is 0. The van der Waals surface area contributed by atoms with E-state index in [4.69, 9.17) is 10.7 Å². The molecule has 320 valence electrons. The van der Waals surface area contributed by atoms with E-state index >= 15 is 0 Å². The van der Waals surface area contributed by atoms with E-state index < -0.39 is 54.0 Å². The molecule has 15 heteroatoms. The second-order valence-corrected chi connectivity index (χ2v) is 17.0. The van der Waals surface area contributed by atoms with Crippen molar-refractivity contribution in [2.75, 3.05) is 13.1 Å². The van der Waals surface area contributed by atoms with Crippen molar-refractivity contribution in [1.29, 1.82) is 0 Å². The maximum atomic E-state index is 14.0. The van der Waals surface area contributed by atoms with Crippen molar-refractivity contribution in [3.63, 3.8) is 0 Å². The highest BCUT2D eigenvalue weighted by Gasteiger charge is 2.40. The van der Waals surface area contributed by atoms with Gasteiger partial charge in [-0.25, -0.2) is 4.98 Å². The Morgan fingerprint density at radius 2 is 1.46 bits per heavy atom. The van der Waals surface area contributed by atoms with Crippen molar-refractivity contribution in [3.8, 4) is 11.1 Å². The monoisotopic (exact) mass is 813 g/mol. The van der Waals surface area contributed by atoms with Gasteiger partial charge in [0, 0.05) is 25.6 Å². The van der Waals surface area contributed by atoms with Crippen LogP contribution in [0.15, 0.2) is 48.5 Å². The first kappa shape index (κ1) is 44.8. The summed E-state index contributed by atoms with van der Waals surface area (Å²) in [5.74, 6) is -2.21. The molecular weight excluding hydrogens is 751 g/mol.